The summed E-state index contributed by atoms with van der Waals surface area (Å²) in [4.78, 5) is 14.1. The van der Waals surface area contributed by atoms with Gasteiger partial charge >= 0.3 is 6.61 Å². The molecule has 130 valence electrons. The summed E-state index contributed by atoms with van der Waals surface area (Å²) < 4.78 is 35.2. The second-order valence-electron chi connectivity index (χ2n) is 5.28. The Labute approximate surface area is 138 Å². The minimum absolute atomic E-state index is 0.0809. The third-order valence-corrected chi connectivity index (χ3v) is 3.33. The summed E-state index contributed by atoms with van der Waals surface area (Å²) in [7, 11) is 4.93. The van der Waals surface area contributed by atoms with Gasteiger partial charge in [-0.2, -0.15) is 13.9 Å². The summed E-state index contributed by atoms with van der Waals surface area (Å²) >= 11 is 0. The number of methoxy groups -OCH3 is 1. The Morgan fingerprint density at radius 2 is 2.00 bits per heavy atom. The Morgan fingerprint density at radius 3 is 2.58 bits per heavy atom. The molecule has 0 fully saturated rings. The molecular formula is C16H19F2N3O3. The van der Waals surface area contributed by atoms with Gasteiger partial charge in [0.05, 0.1) is 12.2 Å². The molecule has 1 heterocycles. The number of halogens is 2. The van der Waals surface area contributed by atoms with Crippen LogP contribution in [0.5, 0.6) is 5.75 Å². The molecule has 1 aromatic carbocycles. The van der Waals surface area contributed by atoms with Gasteiger partial charge in [0.1, 0.15) is 11.4 Å². The largest absolute Gasteiger partial charge is 0.435 e. The third-order valence-electron chi connectivity index (χ3n) is 3.33. The molecule has 0 aliphatic carbocycles. The van der Waals surface area contributed by atoms with Crippen LogP contribution in [0.25, 0.3) is 0 Å². The Balaban J connectivity index is 2.06. The number of amides is 1. The van der Waals surface area contributed by atoms with E-state index in [1.54, 1.807) is 37.1 Å². The van der Waals surface area contributed by atoms with Gasteiger partial charge in [-0.1, -0.05) is 12.1 Å². The molecule has 0 aliphatic rings. The van der Waals surface area contributed by atoms with Crippen molar-refractivity contribution >= 4 is 5.91 Å². The first kappa shape index (κ1) is 17.9. The van der Waals surface area contributed by atoms with Gasteiger partial charge in [-0.25, -0.2) is 0 Å². The van der Waals surface area contributed by atoms with Gasteiger partial charge in [0, 0.05) is 33.9 Å². The lowest BCUT2D eigenvalue weighted by Gasteiger charge is -2.17. The van der Waals surface area contributed by atoms with Crippen LogP contribution in [0.3, 0.4) is 0 Å². The Bertz CT molecular complexity index is 686. The lowest BCUT2D eigenvalue weighted by molar-refractivity contribution is -0.0498. The van der Waals surface area contributed by atoms with E-state index in [0.717, 1.165) is 5.56 Å². The molecule has 0 N–H and O–H groups in total. The number of carbonyl (C=O) groups excluding carboxylic acids is 1. The lowest BCUT2D eigenvalue weighted by Crippen LogP contribution is -2.26. The van der Waals surface area contributed by atoms with Crippen LogP contribution in [-0.4, -0.2) is 41.4 Å². The first-order chi connectivity index (χ1) is 11.4. The second kappa shape index (κ2) is 7.87. The van der Waals surface area contributed by atoms with E-state index in [4.69, 9.17) is 4.74 Å². The molecule has 0 unspecified atom stereocenters. The predicted octanol–water partition coefficient (Wildman–Crippen LogP) is 2.44. The van der Waals surface area contributed by atoms with Gasteiger partial charge in [0.2, 0.25) is 0 Å². The predicted molar refractivity (Wildman–Crippen MR) is 82.8 cm³/mol. The highest BCUT2D eigenvalue weighted by molar-refractivity contribution is 5.94. The molecule has 0 radical (unpaired) electrons. The zero-order valence-electron chi connectivity index (χ0n) is 13.7. The maximum Gasteiger partial charge on any atom is 0.387 e. The number of aromatic nitrogens is 2. The molecular weight excluding hydrogens is 320 g/mol. The normalized spacial score (nSPS) is 10.9. The number of rotatable bonds is 7. The average molecular weight is 339 g/mol. The van der Waals surface area contributed by atoms with Crippen molar-refractivity contribution in [1.29, 1.82) is 0 Å². The van der Waals surface area contributed by atoms with Crippen molar-refractivity contribution in [3.8, 4) is 5.75 Å². The highest BCUT2D eigenvalue weighted by Gasteiger charge is 2.19. The highest BCUT2D eigenvalue weighted by Crippen LogP contribution is 2.17. The van der Waals surface area contributed by atoms with Gasteiger partial charge in [0.25, 0.3) is 5.91 Å². The number of benzene rings is 1. The molecule has 8 heteroatoms. The fourth-order valence-corrected chi connectivity index (χ4v) is 2.28. The fourth-order valence-electron chi connectivity index (χ4n) is 2.28. The van der Waals surface area contributed by atoms with Crippen LogP contribution in [0.15, 0.2) is 30.5 Å². The van der Waals surface area contributed by atoms with Crippen molar-refractivity contribution in [2.24, 2.45) is 7.05 Å². The van der Waals surface area contributed by atoms with Crippen LogP contribution in [-0.2, 0) is 24.9 Å². The van der Waals surface area contributed by atoms with E-state index in [-0.39, 0.29) is 18.3 Å². The Hall–Kier alpha value is -2.48. The van der Waals surface area contributed by atoms with Crippen molar-refractivity contribution < 1.29 is 23.0 Å². The minimum atomic E-state index is -2.86. The number of hydrogen-bond donors (Lipinski definition) is 0. The fraction of sp³-hybridized carbons (Fsp3) is 0.375. The van der Waals surface area contributed by atoms with Crippen LogP contribution < -0.4 is 4.74 Å². The van der Waals surface area contributed by atoms with Crippen molar-refractivity contribution in [2.45, 2.75) is 19.8 Å². The summed E-state index contributed by atoms with van der Waals surface area (Å²) in [5, 5.41) is 4.21. The number of nitrogens with zero attached hydrogens (tertiary/aromatic N) is 3. The van der Waals surface area contributed by atoms with Crippen molar-refractivity contribution in [3.63, 3.8) is 0 Å². The standard InChI is InChI=1S/C16H19F2N3O3/c1-20(8-11-4-6-12(7-5-11)24-16(17)18)15(22)13-9-21(2)19-14(13)10-23-3/h4-7,9,16H,8,10H2,1-3H3. The van der Waals surface area contributed by atoms with Gasteiger partial charge < -0.3 is 14.4 Å². The van der Waals surface area contributed by atoms with E-state index in [9.17, 15) is 13.6 Å². The first-order valence-electron chi connectivity index (χ1n) is 7.21. The van der Waals surface area contributed by atoms with Crippen LogP contribution in [0, 0.1) is 0 Å². The van der Waals surface area contributed by atoms with E-state index in [1.807, 2.05) is 0 Å². The van der Waals surface area contributed by atoms with E-state index < -0.39 is 6.61 Å². The summed E-state index contributed by atoms with van der Waals surface area (Å²) in [6.45, 7) is -2.28. The highest BCUT2D eigenvalue weighted by atomic mass is 19.3. The molecule has 0 aliphatic heterocycles. The van der Waals surface area contributed by atoms with Crippen molar-refractivity contribution in [1.82, 2.24) is 14.7 Å². The molecule has 0 spiro atoms. The van der Waals surface area contributed by atoms with E-state index in [2.05, 4.69) is 9.84 Å². The topological polar surface area (TPSA) is 56.6 Å². The van der Waals surface area contributed by atoms with Crippen LogP contribution in [0.2, 0.25) is 0 Å². The van der Waals surface area contributed by atoms with E-state index in [1.165, 1.54) is 24.1 Å². The molecule has 0 saturated carbocycles. The van der Waals surface area contributed by atoms with E-state index in [0.29, 0.717) is 17.8 Å². The third kappa shape index (κ3) is 4.51. The van der Waals surface area contributed by atoms with Gasteiger partial charge in [-0.15, -0.1) is 0 Å². The minimum Gasteiger partial charge on any atom is -0.435 e. The van der Waals surface area contributed by atoms with Crippen molar-refractivity contribution in [2.75, 3.05) is 14.2 Å². The molecule has 0 bridgehead atoms. The summed E-state index contributed by atoms with van der Waals surface area (Å²) in [5.41, 5.74) is 1.83. The van der Waals surface area contributed by atoms with Crippen molar-refractivity contribution in [3.05, 3.63) is 47.3 Å². The maximum absolute atomic E-state index is 12.6. The average Bonchev–Trinajstić information content (AvgIpc) is 2.89. The quantitative estimate of drug-likeness (QED) is 0.777. The molecule has 6 nitrogen and oxygen atoms in total. The molecule has 0 atom stereocenters. The monoisotopic (exact) mass is 339 g/mol. The number of carbonyl (C=O) groups is 1. The zero-order chi connectivity index (χ0) is 17.7. The Kier molecular flexibility index (Phi) is 5.86. The lowest BCUT2D eigenvalue weighted by atomic mass is 10.2. The second-order valence-corrected chi connectivity index (χ2v) is 5.28. The van der Waals surface area contributed by atoms with E-state index >= 15 is 0 Å². The number of alkyl halides is 2. The molecule has 2 rings (SSSR count). The molecule has 1 amide bonds. The van der Waals surface area contributed by atoms with Gasteiger partial charge in [-0.3, -0.25) is 9.48 Å². The Morgan fingerprint density at radius 1 is 1.33 bits per heavy atom. The number of hydrogen-bond acceptors (Lipinski definition) is 4. The molecule has 0 saturated heterocycles. The van der Waals surface area contributed by atoms with Crippen LogP contribution in [0.1, 0.15) is 21.6 Å². The summed E-state index contributed by atoms with van der Waals surface area (Å²) in [5.74, 6) is -0.111. The summed E-state index contributed by atoms with van der Waals surface area (Å²) in [6, 6.07) is 6.17. The first-order valence-corrected chi connectivity index (χ1v) is 7.21. The zero-order valence-corrected chi connectivity index (χ0v) is 13.7. The van der Waals surface area contributed by atoms with Gasteiger partial charge in [-0.05, 0) is 17.7 Å². The number of aryl methyl sites for hydroxylation is 1. The smallest absolute Gasteiger partial charge is 0.387 e. The number of ether oxygens (including phenoxy) is 2. The maximum atomic E-state index is 12.6. The molecule has 24 heavy (non-hydrogen) atoms. The van der Waals surface area contributed by atoms with Gasteiger partial charge in [0.15, 0.2) is 0 Å². The molecule has 1 aromatic heterocycles. The molecule has 2 aromatic rings. The van der Waals surface area contributed by atoms with Crippen LogP contribution in [0.4, 0.5) is 8.78 Å². The SMILES string of the molecule is COCc1nn(C)cc1C(=O)N(C)Cc1ccc(OC(F)F)cc1. The van der Waals surface area contributed by atoms with Crippen LogP contribution >= 0.6 is 0 Å². The summed E-state index contributed by atoms with van der Waals surface area (Å²) in [6.07, 6.45) is 1.65.